The lowest BCUT2D eigenvalue weighted by molar-refractivity contribution is -0.139. The van der Waals surface area contributed by atoms with E-state index in [0.717, 1.165) is 33.1 Å². The van der Waals surface area contributed by atoms with Gasteiger partial charge in [-0.15, -0.1) is 0 Å². The number of nitrogens with zero attached hydrogens (tertiary/aromatic N) is 3. The maximum Gasteiger partial charge on any atom is 0.326 e. The summed E-state index contributed by atoms with van der Waals surface area (Å²) < 4.78 is 0. The summed E-state index contributed by atoms with van der Waals surface area (Å²) in [5.74, 6) is -0.442. The Hall–Kier alpha value is -5.51. The van der Waals surface area contributed by atoms with Crippen LogP contribution in [0.5, 0.6) is 0 Å². The first kappa shape index (κ1) is 23.9. The average Bonchev–Trinajstić information content (AvgIpc) is 3.60. The molecule has 0 aliphatic carbocycles. The fraction of sp³-hybridized carbons (Fsp3) is 0.0690. The molecule has 6 rings (SSSR count). The van der Waals surface area contributed by atoms with Gasteiger partial charge in [-0.25, -0.2) is 14.8 Å². The number of amides is 1. The van der Waals surface area contributed by atoms with E-state index in [4.69, 9.17) is 0 Å². The van der Waals surface area contributed by atoms with E-state index in [2.05, 4.69) is 35.8 Å². The number of rotatable bonds is 8. The van der Waals surface area contributed by atoms with Crippen molar-refractivity contribution in [2.24, 2.45) is 0 Å². The highest BCUT2D eigenvalue weighted by atomic mass is 16.4. The molecule has 39 heavy (non-hydrogen) atoms. The number of nitrogens with one attached hydrogen (secondary N) is 4. The van der Waals surface area contributed by atoms with Crippen LogP contribution in [0.1, 0.15) is 16.1 Å². The molecule has 0 aliphatic heterocycles. The van der Waals surface area contributed by atoms with Crippen molar-refractivity contribution >= 4 is 45.2 Å². The molecule has 10 nitrogen and oxygen atoms in total. The number of aromatic nitrogens is 5. The van der Waals surface area contributed by atoms with Crippen LogP contribution >= 0.6 is 0 Å². The van der Waals surface area contributed by atoms with Crippen molar-refractivity contribution in [3.8, 4) is 11.4 Å². The van der Waals surface area contributed by atoms with Crippen LogP contribution in [0.3, 0.4) is 0 Å². The largest absolute Gasteiger partial charge is 0.480 e. The topological polar surface area (TPSA) is 149 Å². The van der Waals surface area contributed by atoms with E-state index in [1.165, 1.54) is 0 Å². The predicted molar refractivity (Wildman–Crippen MR) is 148 cm³/mol. The number of carbonyl (C=O) groups is 2. The zero-order valence-electron chi connectivity index (χ0n) is 20.6. The van der Waals surface area contributed by atoms with Gasteiger partial charge in [-0.2, -0.15) is 5.10 Å². The fourth-order valence-corrected chi connectivity index (χ4v) is 4.41. The molecule has 3 heterocycles. The van der Waals surface area contributed by atoms with E-state index in [9.17, 15) is 14.7 Å². The minimum atomic E-state index is -1.10. The zero-order valence-corrected chi connectivity index (χ0v) is 20.6. The lowest BCUT2D eigenvalue weighted by Gasteiger charge is -2.14. The summed E-state index contributed by atoms with van der Waals surface area (Å²) in [7, 11) is 0. The molecule has 0 saturated carbocycles. The summed E-state index contributed by atoms with van der Waals surface area (Å²) in [5, 5.41) is 24.3. The Morgan fingerprint density at radius 1 is 0.923 bits per heavy atom. The molecule has 0 unspecified atom stereocenters. The highest BCUT2D eigenvalue weighted by molar-refractivity contribution is 6.00. The number of hydrogen-bond donors (Lipinski definition) is 5. The monoisotopic (exact) mass is 517 g/mol. The van der Waals surface area contributed by atoms with Gasteiger partial charge in [0, 0.05) is 40.2 Å². The van der Waals surface area contributed by atoms with Crippen LogP contribution in [0.2, 0.25) is 0 Å². The molecule has 1 atom stereocenters. The van der Waals surface area contributed by atoms with Crippen molar-refractivity contribution in [2.75, 3.05) is 5.32 Å². The van der Waals surface area contributed by atoms with Gasteiger partial charge in [-0.1, -0.05) is 42.5 Å². The summed E-state index contributed by atoms with van der Waals surface area (Å²) in [5.41, 5.74) is 4.39. The number of anilines is 2. The maximum absolute atomic E-state index is 12.9. The third-order valence-corrected chi connectivity index (χ3v) is 6.38. The molecule has 6 aromatic rings. The number of H-pyrrole nitrogens is 2. The first-order chi connectivity index (χ1) is 19.0. The van der Waals surface area contributed by atoms with Gasteiger partial charge in [0.15, 0.2) is 5.82 Å². The SMILES string of the molecule is O=C(N[C@@H](Cc1ccccc1)C(=O)O)c1cc2ccc(-c3nccc(Nc4ccc5[nH]ncc5c4)n3)cc2[nH]1. The second kappa shape index (κ2) is 10.1. The zero-order chi connectivity index (χ0) is 26.8. The molecule has 192 valence electrons. The number of carbonyl (C=O) groups excluding carboxylic acids is 1. The number of fused-ring (bicyclic) bond motifs is 2. The molecule has 3 aromatic heterocycles. The van der Waals surface area contributed by atoms with Gasteiger partial charge in [0.2, 0.25) is 0 Å². The predicted octanol–water partition coefficient (Wildman–Crippen LogP) is 4.67. The van der Waals surface area contributed by atoms with E-state index < -0.39 is 17.9 Å². The van der Waals surface area contributed by atoms with Gasteiger partial charge in [0.1, 0.15) is 17.6 Å². The van der Waals surface area contributed by atoms with Crippen LogP contribution in [0, 0.1) is 0 Å². The molecule has 5 N–H and O–H groups in total. The van der Waals surface area contributed by atoms with Gasteiger partial charge in [-0.3, -0.25) is 9.89 Å². The second-order valence-corrected chi connectivity index (χ2v) is 9.10. The molecule has 10 heteroatoms. The van der Waals surface area contributed by atoms with Crippen molar-refractivity contribution in [3.05, 3.63) is 103 Å². The van der Waals surface area contributed by atoms with Gasteiger partial charge in [-0.05, 0) is 42.0 Å². The number of benzene rings is 3. The van der Waals surface area contributed by atoms with Crippen LogP contribution in [0.15, 0.2) is 91.3 Å². The molecule has 1 amide bonds. The molecule has 0 fully saturated rings. The average molecular weight is 518 g/mol. The van der Waals surface area contributed by atoms with Crippen LogP contribution in [0.4, 0.5) is 11.5 Å². The van der Waals surface area contributed by atoms with E-state index in [1.54, 1.807) is 24.5 Å². The van der Waals surface area contributed by atoms with Crippen molar-refractivity contribution in [3.63, 3.8) is 0 Å². The van der Waals surface area contributed by atoms with Gasteiger partial charge in [0.25, 0.3) is 5.91 Å². The quantitative estimate of drug-likeness (QED) is 0.197. The number of aliphatic carboxylic acids is 1. The van der Waals surface area contributed by atoms with Crippen molar-refractivity contribution in [2.45, 2.75) is 12.5 Å². The van der Waals surface area contributed by atoms with Crippen LogP contribution in [0.25, 0.3) is 33.2 Å². The van der Waals surface area contributed by atoms with Gasteiger partial charge in [0.05, 0.1) is 11.7 Å². The molecule has 0 radical (unpaired) electrons. The first-order valence-electron chi connectivity index (χ1n) is 12.3. The molecule has 0 aliphatic rings. The van der Waals surface area contributed by atoms with E-state index in [-0.39, 0.29) is 12.1 Å². The van der Waals surface area contributed by atoms with Gasteiger partial charge >= 0.3 is 5.97 Å². The normalized spacial score (nSPS) is 11.9. The lowest BCUT2D eigenvalue weighted by atomic mass is 10.1. The minimum absolute atomic E-state index is 0.184. The third-order valence-electron chi connectivity index (χ3n) is 6.38. The van der Waals surface area contributed by atoms with Crippen molar-refractivity contribution in [1.29, 1.82) is 0 Å². The van der Waals surface area contributed by atoms with E-state index in [0.29, 0.717) is 17.2 Å². The number of aromatic amines is 2. The summed E-state index contributed by atoms with van der Waals surface area (Å²) in [6, 6.07) is 23.1. The Bertz CT molecular complexity index is 1810. The second-order valence-electron chi connectivity index (χ2n) is 9.10. The standard InChI is InChI=1S/C29H23N7O3/c37-28(34-25(29(38)39)12-17-4-2-1-3-5-17)24-14-18-6-7-19(15-23(18)33-24)27-30-11-10-26(35-27)32-21-8-9-22-20(13-21)16-31-36-22/h1-11,13-16,25,33H,12H2,(H,31,36)(H,34,37)(H,38,39)(H,30,32,35)/t25-/m0/s1. The van der Waals surface area contributed by atoms with E-state index in [1.807, 2.05) is 66.7 Å². The Kier molecular flexibility index (Phi) is 6.18. The van der Waals surface area contributed by atoms with Crippen LogP contribution in [-0.2, 0) is 11.2 Å². The minimum Gasteiger partial charge on any atom is -0.480 e. The van der Waals surface area contributed by atoms with Crippen molar-refractivity contribution in [1.82, 2.24) is 30.5 Å². The Balaban J connectivity index is 1.20. The molecular weight excluding hydrogens is 494 g/mol. The lowest BCUT2D eigenvalue weighted by Crippen LogP contribution is -2.42. The van der Waals surface area contributed by atoms with Crippen LogP contribution in [-0.4, -0.2) is 48.2 Å². The Morgan fingerprint density at radius 3 is 2.64 bits per heavy atom. The fourth-order valence-electron chi connectivity index (χ4n) is 4.41. The number of carboxylic acid groups (broad SMARTS) is 1. The first-order valence-corrected chi connectivity index (χ1v) is 12.3. The summed E-state index contributed by atoms with van der Waals surface area (Å²) in [6.45, 7) is 0. The molecule has 0 saturated heterocycles. The summed E-state index contributed by atoms with van der Waals surface area (Å²) in [4.78, 5) is 36.9. The maximum atomic E-state index is 12.9. The Morgan fingerprint density at radius 2 is 1.79 bits per heavy atom. The number of carboxylic acids is 1. The molecule has 3 aromatic carbocycles. The molecule has 0 bridgehead atoms. The third kappa shape index (κ3) is 5.16. The van der Waals surface area contributed by atoms with Crippen LogP contribution < -0.4 is 10.6 Å². The van der Waals surface area contributed by atoms with E-state index >= 15 is 0 Å². The Labute approximate surface area is 222 Å². The summed E-state index contributed by atoms with van der Waals surface area (Å²) in [6.07, 6.45) is 3.62. The molecule has 0 spiro atoms. The molecular formula is C29H23N7O3. The smallest absolute Gasteiger partial charge is 0.326 e. The highest BCUT2D eigenvalue weighted by Crippen LogP contribution is 2.25. The summed E-state index contributed by atoms with van der Waals surface area (Å²) >= 11 is 0. The highest BCUT2D eigenvalue weighted by Gasteiger charge is 2.22. The van der Waals surface area contributed by atoms with Gasteiger partial charge < -0.3 is 20.7 Å². The van der Waals surface area contributed by atoms with Crippen molar-refractivity contribution < 1.29 is 14.7 Å². The number of hydrogen-bond acceptors (Lipinski definition) is 6.